The fourth-order valence-corrected chi connectivity index (χ4v) is 4.15. The van der Waals surface area contributed by atoms with Crippen molar-refractivity contribution in [2.75, 3.05) is 0 Å². The third-order valence-corrected chi connectivity index (χ3v) is 5.47. The largest absolute Gasteiger partial charge is 0.312 e. The average Bonchev–Trinajstić information content (AvgIpc) is 2.84. The van der Waals surface area contributed by atoms with E-state index in [4.69, 9.17) is 11.6 Å². The summed E-state index contributed by atoms with van der Waals surface area (Å²) in [7, 11) is 0. The van der Waals surface area contributed by atoms with E-state index in [2.05, 4.69) is 34.2 Å². The number of thiazole rings is 1. The summed E-state index contributed by atoms with van der Waals surface area (Å²) in [6.07, 6.45) is 1.79. The van der Waals surface area contributed by atoms with Gasteiger partial charge in [-0.3, -0.25) is 4.79 Å². The van der Waals surface area contributed by atoms with Crippen LogP contribution >= 0.6 is 45.5 Å². The normalized spacial score (nSPS) is 11.8. The van der Waals surface area contributed by atoms with Crippen molar-refractivity contribution < 1.29 is 4.79 Å². The molecule has 3 rings (SSSR count). The van der Waals surface area contributed by atoms with Crippen molar-refractivity contribution in [3.63, 3.8) is 0 Å². The van der Waals surface area contributed by atoms with E-state index >= 15 is 0 Å². The Labute approximate surface area is 156 Å². The molecular weight excluding hydrogens is 443 g/mol. The van der Waals surface area contributed by atoms with Gasteiger partial charge in [-0.1, -0.05) is 41.1 Å². The number of fused-ring (bicyclic) bond motifs is 1. The van der Waals surface area contributed by atoms with Gasteiger partial charge in [-0.2, -0.15) is 4.99 Å². The molecule has 0 saturated heterocycles. The number of aromatic nitrogens is 1. The lowest BCUT2D eigenvalue weighted by atomic mass is 10.2. The van der Waals surface area contributed by atoms with Crippen LogP contribution in [0.1, 0.15) is 10.4 Å². The van der Waals surface area contributed by atoms with Crippen LogP contribution in [0.4, 0.5) is 0 Å². The van der Waals surface area contributed by atoms with Gasteiger partial charge in [0.2, 0.25) is 0 Å². The first kappa shape index (κ1) is 16.4. The molecule has 0 atom stereocenters. The first-order valence-corrected chi connectivity index (χ1v) is 9.11. The molecule has 6 heteroatoms. The number of halogens is 2. The summed E-state index contributed by atoms with van der Waals surface area (Å²) in [5.41, 5.74) is 1.60. The molecule has 23 heavy (non-hydrogen) atoms. The van der Waals surface area contributed by atoms with Crippen LogP contribution in [0.15, 0.2) is 60.1 Å². The zero-order valence-corrected chi connectivity index (χ0v) is 15.7. The van der Waals surface area contributed by atoms with Crippen molar-refractivity contribution in [3.05, 3.63) is 74.1 Å². The maximum atomic E-state index is 12.5. The van der Waals surface area contributed by atoms with Crippen molar-refractivity contribution in [1.82, 2.24) is 4.57 Å². The van der Waals surface area contributed by atoms with Gasteiger partial charge in [0.25, 0.3) is 5.91 Å². The van der Waals surface area contributed by atoms with Crippen LogP contribution in [0.3, 0.4) is 0 Å². The van der Waals surface area contributed by atoms with Gasteiger partial charge in [0.1, 0.15) is 0 Å². The molecule has 0 fully saturated rings. The van der Waals surface area contributed by atoms with Crippen molar-refractivity contribution >= 4 is 61.7 Å². The highest BCUT2D eigenvalue weighted by atomic mass is 127. The van der Waals surface area contributed by atoms with Gasteiger partial charge in [0, 0.05) is 15.1 Å². The number of benzene rings is 2. The van der Waals surface area contributed by atoms with Crippen molar-refractivity contribution in [1.29, 1.82) is 0 Å². The Hall–Kier alpha value is -1.44. The number of amides is 1. The van der Waals surface area contributed by atoms with Gasteiger partial charge >= 0.3 is 0 Å². The number of rotatable bonds is 3. The fourth-order valence-electron chi connectivity index (χ4n) is 2.22. The van der Waals surface area contributed by atoms with Gasteiger partial charge in [-0.05, 0) is 52.9 Å². The molecule has 1 amide bonds. The third-order valence-electron chi connectivity index (χ3n) is 3.26. The summed E-state index contributed by atoms with van der Waals surface area (Å²) in [6, 6.07) is 13.1. The van der Waals surface area contributed by atoms with E-state index in [-0.39, 0.29) is 5.91 Å². The van der Waals surface area contributed by atoms with Gasteiger partial charge < -0.3 is 4.57 Å². The Kier molecular flexibility index (Phi) is 4.99. The van der Waals surface area contributed by atoms with E-state index in [0.29, 0.717) is 21.9 Å². The standard InChI is InChI=1S/C17H12ClIN2OS/c1-2-9-21-14-8-7-11(18)10-15(14)23-17(21)20-16(22)12-5-3-4-6-13(12)19/h2-8,10H,1,9H2. The van der Waals surface area contributed by atoms with E-state index < -0.39 is 0 Å². The monoisotopic (exact) mass is 454 g/mol. The second-order valence-corrected chi connectivity index (χ2v) is 7.40. The lowest BCUT2D eigenvalue weighted by Gasteiger charge is -2.01. The maximum Gasteiger partial charge on any atom is 0.280 e. The Morgan fingerprint density at radius 2 is 2.13 bits per heavy atom. The van der Waals surface area contributed by atoms with Crippen molar-refractivity contribution in [2.24, 2.45) is 4.99 Å². The number of carbonyl (C=O) groups excluding carboxylic acids is 1. The van der Waals surface area contributed by atoms with E-state index in [1.165, 1.54) is 11.3 Å². The molecule has 116 valence electrons. The average molecular weight is 455 g/mol. The minimum atomic E-state index is -0.245. The van der Waals surface area contributed by atoms with Crippen LogP contribution in [0, 0.1) is 3.57 Å². The summed E-state index contributed by atoms with van der Waals surface area (Å²) in [5, 5.41) is 0.667. The molecule has 3 nitrogen and oxygen atoms in total. The Bertz CT molecular complexity index is 974. The van der Waals surface area contributed by atoms with E-state index in [1.807, 2.05) is 41.0 Å². The molecule has 0 aliphatic heterocycles. The number of hydrogen-bond acceptors (Lipinski definition) is 2. The topological polar surface area (TPSA) is 34.4 Å². The van der Waals surface area contributed by atoms with Gasteiger partial charge in [-0.25, -0.2) is 0 Å². The van der Waals surface area contributed by atoms with Gasteiger partial charge in [0.15, 0.2) is 4.80 Å². The van der Waals surface area contributed by atoms with Crippen LogP contribution in [0.25, 0.3) is 10.2 Å². The Morgan fingerprint density at radius 1 is 1.35 bits per heavy atom. The molecule has 0 aliphatic rings. The lowest BCUT2D eigenvalue weighted by Crippen LogP contribution is -2.16. The second kappa shape index (κ2) is 6.98. The highest BCUT2D eigenvalue weighted by Gasteiger charge is 2.11. The van der Waals surface area contributed by atoms with Gasteiger partial charge in [0.05, 0.1) is 15.8 Å². The maximum absolute atomic E-state index is 12.5. The third kappa shape index (κ3) is 3.41. The lowest BCUT2D eigenvalue weighted by molar-refractivity contribution is 0.0997. The summed E-state index contributed by atoms with van der Waals surface area (Å²) < 4.78 is 3.85. The minimum Gasteiger partial charge on any atom is -0.312 e. The van der Waals surface area contributed by atoms with Crippen LogP contribution < -0.4 is 4.80 Å². The fraction of sp³-hybridized carbons (Fsp3) is 0.0588. The summed E-state index contributed by atoms with van der Waals surface area (Å²) in [4.78, 5) is 17.5. The van der Waals surface area contributed by atoms with Crippen molar-refractivity contribution in [3.8, 4) is 0 Å². The smallest absolute Gasteiger partial charge is 0.280 e. The van der Waals surface area contributed by atoms with Crippen LogP contribution in [0.5, 0.6) is 0 Å². The second-order valence-electron chi connectivity index (χ2n) is 4.79. The Balaban J connectivity index is 2.18. The first-order valence-electron chi connectivity index (χ1n) is 6.83. The van der Waals surface area contributed by atoms with Crippen LogP contribution in [-0.4, -0.2) is 10.5 Å². The summed E-state index contributed by atoms with van der Waals surface area (Å²) in [6.45, 7) is 4.37. The molecule has 3 aromatic rings. The highest BCUT2D eigenvalue weighted by molar-refractivity contribution is 14.1. The minimum absolute atomic E-state index is 0.245. The van der Waals surface area contributed by atoms with E-state index in [0.717, 1.165) is 13.8 Å². The SMILES string of the molecule is C=CCn1c(=NC(=O)c2ccccc2I)sc2cc(Cl)ccc21. The van der Waals surface area contributed by atoms with E-state index in [9.17, 15) is 4.79 Å². The number of allylic oxidation sites excluding steroid dienone is 1. The predicted molar refractivity (Wildman–Crippen MR) is 104 cm³/mol. The molecule has 0 saturated carbocycles. The number of hydrogen-bond donors (Lipinski definition) is 0. The molecule has 1 heterocycles. The van der Waals surface area contributed by atoms with Crippen LogP contribution in [-0.2, 0) is 6.54 Å². The number of carbonyl (C=O) groups is 1. The predicted octanol–water partition coefficient (Wildman–Crippen LogP) is 4.89. The molecule has 0 radical (unpaired) electrons. The molecule has 1 aromatic heterocycles. The quantitative estimate of drug-likeness (QED) is 0.410. The molecule has 0 aliphatic carbocycles. The zero-order chi connectivity index (χ0) is 16.4. The number of nitrogens with zero attached hydrogens (tertiary/aromatic N) is 2. The van der Waals surface area contributed by atoms with Gasteiger partial charge in [-0.15, -0.1) is 6.58 Å². The van der Waals surface area contributed by atoms with Crippen molar-refractivity contribution in [2.45, 2.75) is 6.54 Å². The van der Waals surface area contributed by atoms with Crippen LogP contribution in [0.2, 0.25) is 5.02 Å². The Morgan fingerprint density at radius 3 is 2.87 bits per heavy atom. The zero-order valence-electron chi connectivity index (χ0n) is 12.0. The molecule has 0 N–H and O–H groups in total. The molecule has 0 unspecified atom stereocenters. The molecule has 0 spiro atoms. The molecule has 0 bridgehead atoms. The molecular formula is C17H12ClIN2OS. The first-order chi connectivity index (χ1) is 11.1. The summed E-state index contributed by atoms with van der Waals surface area (Å²) in [5.74, 6) is -0.245. The highest BCUT2D eigenvalue weighted by Crippen LogP contribution is 2.22. The molecule has 2 aromatic carbocycles. The van der Waals surface area contributed by atoms with E-state index in [1.54, 1.807) is 12.1 Å². The summed E-state index contributed by atoms with van der Waals surface area (Å²) >= 11 is 9.65.